The molecule has 0 saturated heterocycles. The first kappa shape index (κ1) is 16.0. The highest BCUT2D eigenvalue weighted by molar-refractivity contribution is 4.62. The quantitative estimate of drug-likeness (QED) is 0.497. The Hall–Kier alpha value is -0.0400. The fraction of sp³-hybridized carbons (Fsp3) is 1.00. The van der Waals surface area contributed by atoms with Crippen molar-refractivity contribution in [2.24, 2.45) is 5.92 Å². The first-order chi connectivity index (χ1) is 7.72. The second kappa shape index (κ2) is 11.4. The summed E-state index contributed by atoms with van der Waals surface area (Å²) >= 11 is 0. The number of aliphatic hydroxyl groups is 1. The van der Waals surface area contributed by atoms with Gasteiger partial charge in [-0.15, -0.1) is 0 Å². The summed E-state index contributed by atoms with van der Waals surface area (Å²) in [6.07, 6.45) is 13.0. The van der Waals surface area contributed by atoms with Crippen LogP contribution in [0.4, 0.5) is 0 Å². The third-order valence-electron chi connectivity index (χ3n) is 3.59. The average molecular weight is 228 g/mol. The Bertz CT molecular complexity index is 133. The van der Waals surface area contributed by atoms with Crippen molar-refractivity contribution in [2.45, 2.75) is 91.1 Å². The molecule has 1 N–H and O–H groups in total. The zero-order chi connectivity index (χ0) is 12.2. The van der Waals surface area contributed by atoms with Gasteiger partial charge in [0.25, 0.3) is 0 Å². The van der Waals surface area contributed by atoms with E-state index in [0.717, 1.165) is 6.42 Å². The van der Waals surface area contributed by atoms with Gasteiger partial charge in [0.15, 0.2) is 0 Å². The third kappa shape index (κ3) is 9.21. The van der Waals surface area contributed by atoms with Crippen LogP contribution in [0.5, 0.6) is 0 Å². The lowest BCUT2D eigenvalue weighted by atomic mass is 9.95. The first-order valence-electron chi connectivity index (χ1n) is 7.40. The van der Waals surface area contributed by atoms with Crippen LogP contribution in [0, 0.1) is 5.92 Å². The molecule has 0 aliphatic rings. The van der Waals surface area contributed by atoms with Crippen LogP contribution in [-0.2, 0) is 0 Å². The van der Waals surface area contributed by atoms with Crippen molar-refractivity contribution in [1.29, 1.82) is 0 Å². The zero-order valence-corrected chi connectivity index (χ0v) is 11.7. The molecule has 0 heterocycles. The summed E-state index contributed by atoms with van der Waals surface area (Å²) in [7, 11) is 0. The predicted octanol–water partition coefficient (Wildman–Crippen LogP) is 4.92. The van der Waals surface area contributed by atoms with Gasteiger partial charge in [0.05, 0.1) is 6.10 Å². The maximum Gasteiger partial charge on any atom is 0.0563 e. The van der Waals surface area contributed by atoms with Gasteiger partial charge in [0.2, 0.25) is 0 Å². The van der Waals surface area contributed by atoms with Crippen LogP contribution in [0.15, 0.2) is 0 Å². The molecule has 0 radical (unpaired) electrons. The molecule has 0 aliphatic heterocycles. The molecule has 16 heavy (non-hydrogen) atoms. The third-order valence-corrected chi connectivity index (χ3v) is 3.59. The van der Waals surface area contributed by atoms with Gasteiger partial charge >= 0.3 is 0 Å². The van der Waals surface area contributed by atoms with Gasteiger partial charge < -0.3 is 5.11 Å². The fourth-order valence-corrected chi connectivity index (χ4v) is 2.19. The topological polar surface area (TPSA) is 20.2 Å². The second-order valence-electron chi connectivity index (χ2n) is 5.22. The Labute approximate surface area is 103 Å². The molecule has 0 aromatic rings. The molecule has 0 fully saturated rings. The number of unbranched alkanes of at least 4 members (excludes halogenated alkanes) is 7. The van der Waals surface area contributed by atoms with Crippen LogP contribution in [0.2, 0.25) is 0 Å². The summed E-state index contributed by atoms with van der Waals surface area (Å²) in [5, 5.41) is 9.63. The molecule has 0 rings (SSSR count). The minimum atomic E-state index is -0.0791. The monoisotopic (exact) mass is 228 g/mol. The summed E-state index contributed by atoms with van der Waals surface area (Å²) in [4.78, 5) is 0. The lowest BCUT2D eigenvalue weighted by Gasteiger charge is -2.16. The van der Waals surface area contributed by atoms with Crippen molar-refractivity contribution < 1.29 is 5.11 Å². The maximum absolute atomic E-state index is 9.63. The Kier molecular flexibility index (Phi) is 11.4. The van der Waals surface area contributed by atoms with Crippen LogP contribution in [0.25, 0.3) is 0 Å². The van der Waals surface area contributed by atoms with Crippen LogP contribution >= 0.6 is 0 Å². The summed E-state index contributed by atoms with van der Waals surface area (Å²) in [5.74, 6) is 0.491. The van der Waals surface area contributed by atoms with Crippen molar-refractivity contribution in [2.75, 3.05) is 0 Å². The molecule has 0 aliphatic carbocycles. The highest BCUT2D eigenvalue weighted by Gasteiger charge is 2.10. The van der Waals surface area contributed by atoms with Crippen LogP contribution < -0.4 is 0 Å². The molecule has 0 spiro atoms. The molecule has 0 aromatic heterocycles. The van der Waals surface area contributed by atoms with Crippen molar-refractivity contribution in [1.82, 2.24) is 0 Å². The Morgan fingerprint density at radius 3 is 1.81 bits per heavy atom. The highest BCUT2D eigenvalue weighted by atomic mass is 16.3. The molecule has 0 saturated carbocycles. The largest absolute Gasteiger partial charge is 0.393 e. The van der Waals surface area contributed by atoms with Crippen LogP contribution in [0.1, 0.15) is 85.0 Å². The van der Waals surface area contributed by atoms with Crippen LogP contribution in [-0.4, -0.2) is 11.2 Å². The summed E-state index contributed by atoms with van der Waals surface area (Å²) in [6.45, 7) is 6.50. The minimum Gasteiger partial charge on any atom is -0.393 e. The van der Waals surface area contributed by atoms with Crippen molar-refractivity contribution in [3.8, 4) is 0 Å². The van der Waals surface area contributed by atoms with E-state index >= 15 is 0 Å². The number of hydrogen-bond acceptors (Lipinski definition) is 1. The first-order valence-corrected chi connectivity index (χ1v) is 7.40. The standard InChI is InChI=1S/C15H32O/c1-4-6-7-8-9-10-11-12-13-14(3)15(16)5-2/h14-16H,4-13H2,1-3H3. The van der Waals surface area contributed by atoms with Gasteiger partial charge in [-0.05, 0) is 18.8 Å². The molecule has 0 aromatic carbocycles. The van der Waals surface area contributed by atoms with Gasteiger partial charge in [0, 0.05) is 0 Å². The SMILES string of the molecule is CCCCCCCCCCC(C)C(O)CC. The smallest absolute Gasteiger partial charge is 0.0563 e. The van der Waals surface area contributed by atoms with E-state index in [1.54, 1.807) is 0 Å². The normalized spacial score (nSPS) is 15.0. The van der Waals surface area contributed by atoms with E-state index in [0.29, 0.717) is 5.92 Å². The van der Waals surface area contributed by atoms with Gasteiger partial charge in [-0.2, -0.15) is 0 Å². The maximum atomic E-state index is 9.63. The molecule has 2 unspecified atom stereocenters. The van der Waals surface area contributed by atoms with Gasteiger partial charge in [-0.25, -0.2) is 0 Å². The van der Waals surface area contributed by atoms with E-state index in [1.165, 1.54) is 57.8 Å². The molecule has 0 bridgehead atoms. The molecule has 1 heteroatoms. The van der Waals surface area contributed by atoms with Crippen molar-refractivity contribution >= 4 is 0 Å². The Balaban J connectivity index is 3.14. The summed E-state index contributed by atoms with van der Waals surface area (Å²) in [5.41, 5.74) is 0. The summed E-state index contributed by atoms with van der Waals surface area (Å²) < 4.78 is 0. The number of rotatable bonds is 11. The van der Waals surface area contributed by atoms with E-state index in [-0.39, 0.29) is 6.10 Å². The summed E-state index contributed by atoms with van der Waals surface area (Å²) in [6, 6.07) is 0. The molecule has 2 atom stereocenters. The second-order valence-corrected chi connectivity index (χ2v) is 5.22. The lowest BCUT2D eigenvalue weighted by molar-refractivity contribution is 0.106. The van der Waals surface area contributed by atoms with E-state index < -0.39 is 0 Å². The zero-order valence-electron chi connectivity index (χ0n) is 11.7. The van der Waals surface area contributed by atoms with Crippen LogP contribution in [0.3, 0.4) is 0 Å². The van der Waals surface area contributed by atoms with Crippen molar-refractivity contribution in [3.63, 3.8) is 0 Å². The minimum absolute atomic E-state index is 0.0791. The number of aliphatic hydroxyl groups excluding tert-OH is 1. The van der Waals surface area contributed by atoms with E-state index in [9.17, 15) is 5.11 Å². The van der Waals surface area contributed by atoms with E-state index in [2.05, 4.69) is 20.8 Å². The molecule has 98 valence electrons. The molecule has 1 nitrogen and oxygen atoms in total. The Morgan fingerprint density at radius 1 is 0.812 bits per heavy atom. The fourth-order valence-electron chi connectivity index (χ4n) is 2.19. The predicted molar refractivity (Wildman–Crippen MR) is 72.7 cm³/mol. The van der Waals surface area contributed by atoms with Crippen molar-refractivity contribution in [3.05, 3.63) is 0 Å². The molecule has 0 amide bonds. The van der Waals surface area contributed by atoms with E-state index in [4.69, 9.17) is 0 Å². The van der Waals surface area contributed by atoms with E-state index in [1.807, 2.05) is 0 Å². The molecular formula is C15H32O. The van der Waals surface area contributed by atoms with Gasteiger partial charge in [-0.1, -0.05) is 72.1 Å². The van der Waals surface area contributed by atoms with Gasteiger partial charge in [-0.3, -0.25) is 0 Å². The van der Waals surface area contributed by atoms with Gasteiger partial charge in [0.1, 0.15) is 0 Å². The molecular weight excluding hydrogens is 196 g/mol. The number of hydrogen-bond donors (Lipinski definition) is 1. The Morgan fingerprint density at radius 2 is 1.31 bits per heavy atom. The highest BCUT2D eigenvalue weighted by Crippen LogP contribution is 2.16. The average Bonchev–Trinajstić information content (AvgIpc) is 2.31. The lowest BCUT2D eigenvalue weighted by Crippen LogP contribution is -2.15.